The fourth-order valence-electron chi connectivity index (χ4n) is 2.05. The molecule has 1 aliphatic rings. The summed E-state index contributed by atoms with van der Waals surface area (Å²) in [5, 5.41) is 0. The van der Waals surface area contributed by atoms with E-state index in [4.69, 9.17) is 9.47 Å². The summed E-state index contributed by atoms with van der Waals surface area (Å²) in [5.41, 5.74) is -0.613. The van der Waals surface area contributed by atoms with Gasteiger partial charge in [0.25, 0.3) is 0 Å². The largest absolute Gasteiger partial charge is 0.465 e. The first-order valence-corrected chi connectivity index (χ1v) is 6.84. The molecule has 0 saturated carbocycles. The number of ketones is 1. The van der Waals surface area contributed by atoms with Crippen molar-refractivity contribution in [1.82, 2.24) is 4.90 Å². The van der Waals surface area contributed by atoms with Crippen molar-refractivity contribution < 1.29 is 23.9 Å². The summed E-state index contributed by atoms with van der Waals surface area (Å²) in [4.78, 5) is 37.2. The zero-order chi connectivity index (χ0) is 15.5. The van der Waals surface area contributed by atoms with E-state index in [-0.39, 0.29) is 31.4 Å². The number of nitrogens with zero attached hydrogens (tertiary/aromatic N) is 1. The second-order valence-electron chi connectivity index (χ2n) is 5.96. The third-order valence-electron chi connectivity index (χ3n) is 3.00. The highest BCUT2D eigenvalue weighted by molar-refractivity contribution is 6.00. The van der Waals surface area contributed by atoms with E-state index in [1.54, 1.807) is 34.6 Å². The van der Waals surface area contributed by atoms with Crippen LogP contribution in [0.4, 0.5) is 4.79 Å². The molecule has 0 aromatic rings. The van der Waals surface area contributed by atoms with Crippen molar-refractivity contribution in [3.8, 4) is 0 Å². The first-order valence-electron chi connectivity index (χ1n) is 6.84. The average molecular weight is 285 g/mol. The van der Waals surface area contributed by atoms with E-state index >= 15 is 0 Å². The van der Waals surface area contributed by atoms with E-state index in [9.17, 15) is 14.4 Å². The lowest BCUT2D eigenvalue weighted by molar-refractivity contribution is -0.154. The van der Waals surface area contributed by atoms with Gasteiger partial charge < -0.3 is 14.4 Å². The highest BCUT2D eigenvalue weighted by Gasteiger charge is 2.40. The fourth-order valence-corrected chi connectivity index (χ4v) is 2.05. The van der Waals surface area contributed by atoms with Gasteiger partial charge in [-0.1, -0.05) is 0 Å². The Kier molecular flexibility index (Phi) is 5.14. The summed E-state index contributed by atoms with van der Waals surface area (Å²) < 4.78 is 10.2. The third-order valence-corrected chi connectivity index (χ3v) is 3.00. The maximum Gasteiger partial charge on any atom is 0.410 e. The molecule has 0 aliphatic carbocycles. The molecule has 114 valence electrons. The first-order chi connectivity index (χ1) is 9.15. The van der Waals surface area contributed by atoms with Crippen molar-refractivity contribution in [1.29, 1.82) is 0 Å². The topological polar surface area (TPSA) is 72.9 Å². The number of Topliss-reactive ketones (excluding diaryl/α,β-unsaturated/α-hetero) is 1. The van der Waals surface area contributed by atoms with E-state index in [0.29, 0.717) is 0 Å². The Balaban J connectivity index is 2.79. The number of carbonyl (C=O) groups excluding carboxylic acids is 3. The van der Waals surface area contributed by atoms with E-state index in [1.165, 1.54) is 4.90 Å². The maximum absolute atomic E-state index is 12.1. The van der Waals surface area contributed by atoms with Gasteiger partial charge in [0.05, 0.1) is 6.61 Å². The van der Waals surface area contributed by atoms with Crippen molar-refractivity contribution in [2.24, 2.45) is 5.92 Å². The van der Waals surface area contributed by atoms with Gasteiger partial charge in [-0.15, -0.1) is 0 Å². The van der Waals surface area contributed by atoms with Crippen LogP contribution in [0.3, 0.4) is 0 Å². The van der Waals surface area contributed by atoms with Crippen LogP contribution in [0.5, 0.6) is 0 Å². The summed E-state index contributed by atoms with van der Waals surface area (Å²) in [6.45, 7) is 9.00. The Morgan fingerprint density at radius 1 is 1.35 bits per heavy atom. The van der Waals surface area contributed by atoms with Crippen LogP contribution in [0.1, 0.15) is 41.0 Å². The van der Waals surface area contributed by atoms with Gasteiger partial charge in [0, 0.05) is 19.0 Å². The molecule has 1 saturated heterocycles. The Bertz CT molecular complexity index is 391. The molecule has 0 radical (unpaired) electrons. The molecule has 1 aliphatic heterocycles. The SMILES string of the molecule is CCOC(=O)C1CN(C(=O)OC(C)(C)C)C(C)CC1=O. The third kappa shape index (κ3) is 4.21. The number of rotatable bonds is 2. The van der Waals surface area contributed by atoms with Gasteiger partial charge in [-0.25, -0.2) is 4.79 Å². The predicted octanol–water partition coefficient (Wildman–Crippen LogP) is 1.76. The molecule has 0 bridgehead atoms. The van der Waals surface area contributed by atoms with Gasteiger partial charge in [-0.05, 0) is 34.6 Å². The van der Waals surface area contributed by atoms with Crippen LogP contribution in [-0.4, -0.2) is 47.5 Å². The van der Waals surface area contributed by atoms with E-state index in [2.05, 4.69) is 0 Å². The number of likely N-dealkylation sites (tertiary alicyclic amines) is 1. The molecule has 2 atom stereocenters. The molecule has 0 aromatic carbocycles. The lowest BCUT2D eigenvalue weighted by Crippen LogP contribution is -2.52. The second-order valence-corrected chi connectivity index (χ2v) is 5.96. The molecule has 20 heavy (non-hydrogen) atoms. The minimum Gasteiger partial charge on any atom is -0.465 e. The molecule has 6 heteroatoms. The van der Waals surface area contributed by atoms with Crippen molar-refractivity contribution in [2.75, 3.05) is 13.2 Å². The molecule has 0 N–H and O–H groups in total. The standard InChI is InChI=1S/C14H23NO5/c1-6-19-12(17)10-8-15(9(2)7-11(10)16)13(18)20-14(3,4)5/h9-10H,6-8H2,1-5H3. The van der Waals surface area contributed by atoms with Gasteiger partial charge in [-0.3, -0.25) is 9.59 Å². The predicted molar refractivity (Wildman–Crippen MR) is 72.1 cm³/mol. The number of piperidine rings is 1. The number of esters is 1. The lowest BCUT2D eigenvalue weighted by Gasteiger charge is -2.36. The Labute approximate surface area is 119 Å². The molecule has 2 unspecified atom stereocenters. The van der Waals surface area contributed by atoms with Gasteiger partial charge in [0.2, 0.25) is 0 Å². The number of amides is 1. The molecular weight excluding hydrogens is 262 g/mol. The zero-order valence-corrected chi connectivity index (χ0v) is 12.8. The summed E-state index contributed by atoms with van der Waals surface area (Å²) >= 11 is 0. The Hall–Kier alpha value is -1.59. The normalized spacial score (nSPS) is 23.4. The van der Waals surface area contributed by atoms with Gasteiger partial charge >= 0.3 is 12.1 Å². The maximum atomic E-state index is 12.1. The summed E-state index contributed by atoms with van der Waals surface area (Å²) in [6.07, 6.45) is -0.366. The molecule has 6 nitrogen and oxygen atoms in total. The Morgan fingerprint density at radius 3 is 2.45 bits per heavy atom. The molecule has 1 rings (SSSR count). The van der Waals surface area contributed by atoms with Crippen LogP contribution in [0.15, 0.2) is 0 Å². The van der Waals surface area contributed by atoms with Gasteiger partial charge in [-0.2, -0.15) is 0 Å². The molecular formula is C14H23NO5. The summed E-state index contributed by atoms with van der Waals surface area (Å²) in [5.74, 6) is -1.66. The number of hydrogen-bond acceptors (Lipinski definition) is 5. The highest BCUT2D eigenvalue weighted by atomic mass is 16.6. The minimum absolute atomic E-state index is 0.0216. The van der Waals surface area contributed by atoms with E-state index in [0.717, 1.165) is 0 Å². The van der Waals surface area contributed by atoms with Crippen LogP contribution in [0, 0.1) is 5.92 Å². The van der Waals surface area contributed by atoms with Crippen LogP contribution >= 0.6 is 0 Å². The first kappa shape index (κ1) is 16.5. The van der Waals surface area contributed by atoms with E-state index in [1.807, 2.05) is 0 Å². The van der Waals surface area contributed by atoms with E-state index < -0.39 is 23.6 Å². The van der Waals surface area contributed by atoms with Crippen molar-refractivity contribution in [3.05, 3.63) is 0 Å². The summed E-state index contributed by atoms with van der Waals surface area (Å²) in [6, 6.07) is -0.275. The van der Waals surface area contributed by atoms with Crippen molar-refractivity contribution in [2.45, 2.75) is 52.7 Å². The van der Waals surface area contributed by atoms with Crippen LogP contribution in [-0.2, 0) is 19.1 Å². The number of carbonyl (C=O) groups is 3. The quantitative estimate of drug-likeness (QED) is 0.571. The van der Waals surface area contributed by atoms with Crippen molar-refractivity contribution in [3.63, 3.8) is 0 Å². The molecule has 0 aromatic heterocycles. The second kappa shape index (κ2) is 6.24. The number of hydrogen-bond donors (Lipinski definition) is 0. The van der Waals surface area contributed by atoms with Crippen molar-refractivity contribution >= 4 is 17.8 Å². The monoisotopic (exact) mass is 285 g/mol. The zero-order valence-electron chi connectivity index (χ0n) is 12.8. The summed E-state index contributed by atoms with van der Waals surface area (Å²) in [7, 11) is 0. The van der Waals surface area contributed by atoms with Crippen LogP contribution in [0.25, 0.3) is 0 Å². The Morgan fingerprint density at radius 2 is 1.95 bits per heavy atom. The average Bonchev–Trinajstić information content (AvgIpc) is 2.26. The lowest BCUT2D eigenvalue weighted by atomic mass is 9.92. The number of ether oxygens (including phenoxy) is 2. The van der Waals surface area contributed by atoms with Crippen LogP contribution < -0.4 is 0 Å². The highest BCUT2D eigenvalue weighted by Crippen LogP contribution is 2.22. The molecule has 1 heterocycles. The van der Waals surface area contributed by atoms with Crippen LogP contribution in [0.2, 0.25) is 0 Å². The molecule has 0 spiro atoms. The minimum atomic E-state index is -0.904. The molecule has 1 amide bonds. The van der Waals surface area contributed by atoms with Gasteiger partial charge in [0.1, 0.15) is 11.5 Å². The molecule has 1 fully saturated rings. The smallest absolute Gasteiger partial charge is 0.410 e. The van der Waals surface area contributed by atoms with Gasteiger partial charge in [0.15, 0.2) is 5.78 Å². The fraction of sp³-hybridized carbons (Fsp3) is 0.786.